The largest absolute Gasteiger partial charge is 0.481 e. The van der Waals surface area contributed by atoms with E-state index < -0.39 is 17.2 Å². The summed E-state index contributed by atoms with van der Waals surface area (Å²) in [6, 6.07) is 3.53. The zero-order valence-electron chi connectivity index (χ0n) is 21.9. The number of fused-ring (bicyclic) bond motifs is 2. The molecular weight excluding hydrogens is 537 g/mol. The number of carbonyl (C=O) groups is 2. The normalized spacial score (nSPS) is 13.8. The summed E-state index contributed by atoms with van der Waals surface area (Å²) in [5.74, 6) is -1.32. The monoisotopic (exact) mass is 563 g/mol. The molecule has 0 bridgehead atoms. The minimum absolute atomic E-state index is 0.0169. The van der Waals surface area contributed by atoms with Gasteiger partial charge in [-0.3, -0.25) is 14.3 Å². The molecule has 0 saturated heterocycles. The molecule has 1 aliphatic carbocycles. The Hall–Kier alpha value is -4.25. The molecule has 40 heavy (non-hydrogen) atoms. The molecule has 1 fully saturated rings. The zero-order chi connectivity index (χ0) is 28.2. The van der Waals surface area contributed by atoms with Crippen molar-refractivity contribution in [2.24, 2.45) is 5.41 Å². The third-order valence-electron chi connectivity index (χ3n) is 7.26. The number of pyridine rings is 2. The predicted molar refractivity (Wildman–Crippen MR) is 145 cm³/mol. The van der Waals surface area contributed by atoms with Crippen LogP contribution in [0.4, 0.5) is 4.39 Å². The SMILES string of the molecule is CC(C)(Cc1cc(C2CC2)cn2cc(Cn3cc(C(=O)NCc4ncn5ccc(Cl)c(F)c45)cn3)nc12)C(=O)O. The lowest BCUT2D eigenvalue weighted by atomic mass is 9.86. The molecule has 5 aromatic rings. The van der Waals surface area contributed by atoms with Crippen LogP contribution in [0.5, 0.6) is 0 Å². The smallest absolute Gasteiger partial charge is 0.309 e. The maximum atomic E-state index is 14.5. The van der Waals surface area contributed by atoms with E-state index in [1.54, 1.807) is 30.9 Å². The molecule has 0 aliphatic heterocycles. The lowest BCUT2D eigenvalue weighted by molar-refractivity contribution is -0.146. The van der Waals surface area contributed by atoms with Crippen molar-refractivity contribution >= 4 is 34.6 Å². The second kappa shape index (κ2) is 9.74. The van der Waals surface area contributed by atoms with Gasteiger partial charge in [0.15, 0.2) is 5.82 Å². The quantitative estimate of drug-likeness (QED) is 0.273. The van der Waals surface area contributed by atoms with Crippen LogP contribution in [0.1, 0.15) is 65.5 Å². The lowest BCUT2D eigenvalue weighted by Crippen LogP contribution is -2.26. The van der Waals surface area contributed by atoms with Crippen molar-refractivity contribution in [3.63, 3.8) is 0 Å². The van der Waals surface area contributed by atoms with Gasteiger partial charge < -0.3 is 19.2 Å². The fourth-order valence-corrected chi connectivity index (χ4v) is 5.00. The number of aliphatic carboxylic acids is 1. The van der Waals surface area contributed by atoms with E-state index in [-0.39, 0.29) is 23.0 Å². The number of amides is 1. The summed E-state index contributed by atoms with van der Waals surface area (Å²) in [4.78, 5) is 33.6. The Bertz CT molecular complexity index is 1780. The summed E-state index contributed by atoms with van der Waals surface area (Å²) in [6.07, 6.45) is 12.8. The molecule has 1 aliphatic rings. The van der Waals surface area contributed by atoms with E-state index in [2.05, 4.69) is 27.7 Å². The first-order valence-corrected chi connectivity index (χ1v) is 13.3. The average Bonchev–Trinajstić information content (AvgIpc) is 3.31. The van der Waals surface area contributed by atoms with Gasteiger partial charge in [0.25, 0.3) is 5.91 Å². The number of halogens is 2. The minimum atomic E-state index is -0.931. The Morgan fingerprint density at radius 3 is 2.77 bits per heavy atom. The van der Waals surface area contributed by atoms with Gasteiger partial charge in [0, 0.05) is 24.8 Å². The number of carboxylic acid groups (broad SMARTS) is 1. The second-order valence-corrected chi connectivity index (χ2v) is 11.3. The van der Waals surface area contributed by atoms with Crippen LogP contribution in [0, 0.1) is 11.2 Å². The second-order valence-electron chi connectivity index (χ2n) is 10.9. The van der Waals surface area contributed by atoms with Crippen LogP contribution in [-0.4, -0.2) is 45.5 Å². The van der Waals surface area contributed by atoms with Crippen molar-refractivity contribution in [2.75, 3.05) is 0 Å². The van der Waals surface area contributed by atoms with Gasteiger partial charge in [0.05, 0.1) is 53.0 Å². The van der Waals surface area contributed by atoms with E-state index in [1.807, 2.05) is 10.6 Å². The van der Waals surface area contributed by atoms with Crippen LogP contribution in [0.3, 0.4) is 0 Å². The third-order valence-corrected chi connectivity index (χ3v) is 7.55. The van der Waals surface area contributed by atoms with Gasteiger partial charge in [-0.25, -0.2) is 14.4 Å². The van der Waals surface area contributed by atoms with Gasteiger partial charge in [0.1, 0.15) is 11.2 Å². The maximum Gasteiger partial charge on any atom is 0.309 e. The number of aromatic nitrogens is 6. The van der Waals surface area contributed by atoms with E-state index in [1.165, 1.54) is 28.6 Å². The fourth-order valence-electron chi connectivity index (χ4n) is 4.86. The summed E-state index contributed by atoms with van der Waals surface area (Å²) < 4.78 is 19.6. The number of carbonyl (C=O) groups excluding carboxylic acids is 1. The Kier molecular flexibility index (Phi) is 6.33. The van der Waals surface area contributed by atoms with E-state index in [0.29, 0.717) is 30.1 Å². The molecule has 206 valence electrons. The van der Waals surface area contributed by atoms with Gasteiger partial charge in [-0.1, -0.05) is 17.7 Å². The van der Waals surface area contributed by atoms with Crippen LogP contribution >= 0.6 is 11.6 Å². The molecule has 0 radical (unpaired) electrons. The summed E-state index contributed by atoms with van der Waals surface area (Å²) in [6.45, 7) is 3.78. The van der Waals surface area contributed by atoms with Crippen LogP contribution in [0.2, 0.25) is 5.02 Å². The number of imidazole rings is 2. The first-order chi connectivity index (χ1) is 19.1. The zero-order valence-corrected chi connectivity index (χ0v) is 22.7. The van der Waals surface area contributed by atoms with Crippen molar-refractivity contribution < 1.29 is 19.1 Å². The molecule has 0 aromatic carbocycles. The van der Waals surface area contributed by atoms with Crippen LogP contribution in [0.25, 0.3) is 11.2 Å². The van der Waals surface area contributed by atoms with Crippen molar-refractivity contribution in [2.45, 2.75) is 52.1 Å². The highest BCUT2D eigenvalue weighted by atomic mass is 35.5. The molecule has 1 amide bonds. The molecular formula is C28H27ClFN7O3. The van der Waals surface area contributed by atoms with E-state index in [0.717, 1.165) is 29.7 Å². The predicted octanol–water partition coefficient (Wildman–Crippen LogP) is 4.48. The Labute approximate surface area is 233 Å². The Morgan fingerprint density at radius 2 is 2.02 bits per heavy atom. The molecule has 5 heterocycles. The molecule has 1 saturated carbocycles. The van der Waals surface area contributed by atoms with Crippen molar-refractivity contribution in [1.82, 2.24) is 33.9 Å². The number of hydrogen-bond acceptors (Lipinski definition) is 5. The van der Waals surface area contributed by atoms with E-state index in [9.17, 15) is 19.1 Å². The number of nitrogens with one attached hydrogen (secondary N) is 1. The molecule has 5 aromatic heterocycles. The third kappa shape index (κ3) is 4.92. The molecule has 6 rings (SSSR count). The molecule has 12 heteroatoms. The molecule has 10 nitrogen and oxygen atoms in total. The van der Waals surface area contributed by atoms with Crippen molar-refractivity contribution in [1.29, 1.82) is 0 Å². The average molecular weight is 564 g/mol. The van der Waals surface area contributed by atoms with Gasteiger partial charge in [-0.2, -0.15) is 5.10 Å². The number of rotatable bonds is 9. The topological polar surface area (TPSA) is 119 Å². The van der Waals surface area contributed by atoms with Crippen molar-refractivity contribution in [3.05, 3.63) is 88.4 Å². The standard InChI is InChI=1S/C28H27ClFN7O3/c1-28(2,27(39)40)8-17-7-18(16-3-4-16)11-36-13-20(34-25(17)36)14-37-12-19(9-33-37)26(38)31-10-22-24-23(30)21(29)5-6-35(24)15-32-22/h5-7,9,11-13,15-16H,3-4,8,10,14H2,1-2H3,(H,31,38)(H,39,40). The van der Waals surface area contributed by atoms with Gasteiger partial charge in [0.2, 0.25) is 0 Å². The maximum absolute atomic E-state index is 14.5. The van der Waals surface area contributed by atoms with Crippen LogP contribution < -0.4 is 5.32 Å². The summed E-state index contributed by atoms with van der Waals surface area (Å²) in [5, 5.41) is 16.7. The van der Waals surface area contributed by atoms with Crippen molar-refractivity contribution in [3.8, 4) is 0 Å². The molecule has 0 spiro atoms. The molecule has 2 N–H and O–H groups in total. The summed E-state index contributed by atoms with van der Waals surface area (Å²) >= 11 is 5.90. The van der Waals surface area contributed by atoms with E-state index in [4.69, 9.17) is 16.6 Å². The highest BCUT2D eigenvalue weighted by Gasteiger charge is 2.31. The Balaban J connectivity index is 1.19. The minimum Gasteiger partial charge on any atom is -0.481 e. The molecule has 0 unspecified atom stereocenters. The van der Waals surface area contributed by atoms with Crippen LogP contribution in [-0.2, 0) is 24.3 Å². The highest BCUT2D eigenvalue weighted by Crippen LogP contribution is 2.41. The Morgan fingerprint density at radius 1 is 1.23 bits per heavy atom. The number of nitrogens with zero attached hydrogens (tertiary/aromatic N) is 6. The number of carboxylic acids is 1. The molecule has 0 atom stereocenters. The van der Waals surface area contributed by atoms with Gasteiger partial charge in [-0.15, -0.1) is 0 Å². The summed E-state index contributed by atoms with van der Waals surface area (Å²) in [5.41, 5.74) is 3.52. The first kappa shape index (κ1) is 26.0. The number of hydrogen-bond donors (Lipinski definition) is 2. The first-order valence-electron chi connectivity index (χ1n) is 12.9. The van der Waals surface area contributed by atoms with Gasteiger partial charge in [-0.05, 0) is 56.2 Å². The summed E-state index contributed by atoms with van der Waals surface area (Å²) in [7, 11) is 0. The lowest BCUT2D eigenvalue weighted by Gasteiger charge is -2.20. The van der Waals surface area contributed by atoms with Gasteiger partial charge >= 0.3 is 5.97 Å². The fraction of sp³-hybridized carbons (Fsp3) is 0.321. The van der Waals surface area contributed by atoms with Crippen LogP contribution in [0.15, 0.2) is 49.4 Å². The van der Waals surface area contributed by atoms with E-state index >= 15 is 0 Å². The highest BCUT2D eigenvalue weighted by molar-refractivity contribution is 6.31.